The molecule has 0 aliphatic heterocycles. The molecule has 2 fully saturated rings. The van der Waals surface area contributed by atoms with Crippen LogP contribution in [0.25, 0.3) is 21.3 Å². The van der Waals surface area contributed by atoms with E-state index >= 15 is 0 Å². The van der Waals surface area contributed by atoms with Gasteiger partial charge >= 0.3 is 0 Å². The summed E-state index contributed by atoms with van der Waals surface area (Å²) in [5, 5.41) is 8.63. The van der Waals surface area contributed by atoms with E-state index in [1.54, 1.807) is 16.0 Å². The largest absolute Gasteiger partial charge is 0.278 e. The predicted molar refractivity (Wildman–Crippen MR) is 106 cm³/mol. The van der Waals surface area contributed by atoms with E-state index in [-0.39, 0.29) is 5.56 Å². The van der Waals surface area contributed by atoms with Crippen LogP contribution in [0.4, 0.5) is 0 Å². The van der Waals surface area contributed by atoms with Gasteiger partial charge in [0.25, 0.3) is 5.56 Å². The quantitative estimate of drug-likeness (QED) is 0.669. The summed E-state index contributed by atoms with van der Waals surface area (Å²) in [6.45, 7) is 0.622. The van der Waals surface area contributed by atoms with Crippen LogP contribution in [-0.2, 0) is 6.67 Å². The van der Waals surface area contributed by atoms with Gasteiger partial charge in [-0.2, -0.15) is 5.10 Å². The maximum atomic E-state index is 13.1. The molecule has 0 unspecified atom stereocenters. The van der Waals surface area contributed by atoms with Crippen LogP contribution >= 0.6 is 11.3 Å². The van der Waals surface area contributed by atoms with Crippen LogP contribution in [0.5, 0.6) is 0 Å². The molecule has 2 aromatic heterocycles. The summed E-state index contributed by atoms with van der Waals surface area (Å²) < 4.78 is 1.72. The molecule has 2 aliphatic rings. The minimum Gasteiger partial charge on any atom is -0.278 e. The highest BCUT2D eigenvalue weighted by atomic mass is 32.1. The summed E-state index contributed by atoms with van der Waals surface area (Å²) in [5.41, 5.74) is 0.960. The standard InChI is InChI=1S/C21H23N3OS/c25-21-18-9-4-3-8-17(18)20(19-10-5-13-26-19)22-24(21)14-23(16-11-12-16)15-6-1-2-7-15/h3-5,8-10,13,15-16H,1-2,6-7,11-12,14H2. The molecule has 0 bridgehead atoms. The number of hydrogen-bond donors (Lipinski definition) is 0. The third-order valence-electron chi connectivity index (χ3n) is 5.73. The topological polar surface area (TPSA) is 38.1 Å². The molecule has 0 atom stereocenters. The van der Waals surface area contributed by atoms with Gasteiger partial charge in [-0.05, 0) is 43.2 Å². The van der Waals surface area contributed by atoms with Gasteiger partial charge in [0.05, 0.1) is 16.9 Å². The molecule has 0 saturated heterocycles. The van der Waals surface area contributed by atoms with E-state index in [0.29, 0.717) is 18.8 Å². The fourth-order valence-corrected chi connectivity index (χ4v) is 4.98. The van der Waals surface area contributed by atoms with Crippen molar-refractivity contribution in [3.63, 3.8) is 0 Å². The highest BCUT2D eigenvalue weighted by molar-refractivity contribution is 7.13. The van der Waals surface area contributed by atoms with Crippen LogP contribution in [0.3, 0.4) is 0 Å². The van der Waals surface area contributed by atoms with Crippen molar-refractivity contribution in [2.45, 2.75) is 57.3 Å². The van der Waals surface area contributed by atoms with Gasteiger partial charge in [-0.3, -0.25) is 9.69 Å². The first-order valence-electron chi connectivity index (χ1n) is 9.61. The van der Waals surface area contributed by atoms with Crippen molar-refractivity contribution in [2.75, 3.05) is 0 Å². The van der Waals surface area contributed by atoms with Crippen molar-refractivity contribution >= 4 is 22.1 Å². The molecule has 3 aromatic rings. The Morgan fingerprint density at radius 2 is 1.73 bits per heavy atom. The molecular formula is C21H23N3OS. The Kier molecular flexibility index (Phi) is 4.14. The predicted octanol–water partition coefficient (Wildman–Crippen LogP) is 4.49. The van der Waals surface area contributed by atoms with Gasteiger partial charge < -0.3 is 0 Å². The minimum atomic E-state index is 0.0320. The van der Waals surface area contributed by atoms with Crippen molar-refractivity contribution in [1.29, 1.82) is 0 Å². The first-order valence-corrected chi connectivity index (χ1v) is 10.5. The van der Waals surface area contributed by atoms with Crippen molar-refractivity contribution in [2.24, 2.45) is 0 Å². The van der Waals surface area contributed by atoms with Crippen LogP contribution in [0.2, 0.25) is 0 Å². The second-order valence-corrected chi connectivity index (χ2v) is 8.45. The molecule has 0 spiro atoms. The number of thiophene rings is 1. The molecule has 0 radical (unpaired) electrons. The lowest BCUT2D eigenvalue weighted by Gasteiger charge is -2.29. The molecule has 134 valence electrons. The van der Waals surface area contributed by atoms with Gasteiger partial charge in [-0.15, -0.1) is 11.3 Å². The number of aromatic nitrogens is 2. The molecule has 1 aromatic carbocycles. The fourth-order valence-electron chi connectivity index (χ4n) is 4.25. The first-order chi connectivity index (χ1) is 12.8. The molecule has 2 saturated carbocycles. The van der Waals surface area contributed by atoms with Gasteiger partial charge in [0.1, 0.15) is 5.69 Å². The van der Waals surface area contributed by atoms with Crippen molar-refractivity contribution < 1.29 is 0 Å². The molecule has 5 heteroatoms. The number of benzene rings is 1. The lowest BCUT2D eigenvalue weighted by Crippen LogP contribution is -2.40. The van der Waals surface area contributed by atoms with Gasteiger partial charge in [0, 0.05) is 17.5 Å². The summed E-state index contributed by atoms with van der Waals surface area (Å²) in [6, 6.07) is 13.3. The normalized spacial score (nSPS) is 18.2. The van der Waals surface area contributed by atoms with E-state index < -0.39 is 0 Å². The number of nitrogens with zero attached hydrogens (tertiary/aromatic N) is 3. The van der Waals surface area contributed by atoms with Crippen LogP contribution in [0.15, 0.2) is 46.6 Å². The van der Waals surface area contributed by atoms with Crippen LogP contribution in [0, 0.1) is 0 Å². The zero-order valence-electron chi connectivity index (χ0n) is 14.8. The lowest BCUT2D eigenvalue weighted by atomic mass is 10.1. The molecule has 4 nitrogen and oxygen atoms in total. The summed E-state index contributed by atoms with van der Waals surface area (Å²) in [6.07, 6.45) is 7.67. The van der Waals surface area contributed by atoms with Crippen molar-refractivity contribution in [1.82, 2.24) is 14.7 Å². The highest BCUT2D eigenvalue weighted by Gasteiger charge is 2.35. The number of fused-ring (bicyclic) bond motifs is 1. The zero-order chi connectivity index (χ0) is 17.5. The second-order valence-electron chi connectivity index (χ2n) is 7.50. The molecule has 26 heavy (non-hydrogen) atoms. The molecule has 0 N–H and O–H groups in total. The van der Waals surface area contributed by atoms with E-state index in [4.69, 9.17) is 5.10 Å². The molecule has 0 amide bonds. The maximum absolute atomic E-state index is 13.1. The average molecular weight is 366 g/mol. The van der Waals surface area contributed by atoms with Crippen LogP contribution in [0.1, 0.15) is 38.5 Å². The van der Waals surface area contributed by atoms with E-state index in [1.165, 1.54) is 38.5 Å². The Morgan fingerprint density at radius 3 is 2.42 bits per heavy atom. The molecule has 2 aliphatic carbocycles. The van der Waals surface area contributed by atoms with Gasteiger partial charge in [-0.25, -0.2) is 4.68 Å². The van der Waals surface area contributed by atoms with Gasteiger partial charge in [0.2, 0.25) is 0 Å². The maximum Gasteiger partial charge on any atom is 0.275 e. The van der Waals surface area contributed by atoms with E-state index in [9.17, 15) is 4.79 Å². The van der Waals surface area contributed by atoms with Gasteiger partial charge in [-0.1, -0.05) is 37.1 Å². The van der Waals surface area contributed by atoms with Gasteiger partial charge in [0.15, 0.2) is 0 Å². The third kappa shape index (κ3) is 2.89. The Morgan fingerprint density at radius 1 is 1.00 bits per heavy atom. The van der Waals surface area contributed by atoms with Crippen molar-refractivity contribution in [3.8, 4) is 10.6 Å². The lowest BCUT2D eigenvalue weighted by molar-refractivity contribution is 0.133. The zero-order valence-corrected chi connectivity index (χ0v) is 15.6. The Bertz CT molecular complexity index is 969. The second kappa shape index (κ2) is 6.63. The van der Waals surface area contributed by atoms with E-state index in [1.807, 2.05) is 30.3 Å². The summed E-state index contributed by atoms with van der Waals surface area (Å²) >= 11 is 1.68. The number of rotatable bonds is 5. The average Bonchev–Trinajstić information content (AvgIpc) is 3.12. The summed E-state index contributed by atoms with van der Waals surface area (Å²) in [4.78, 5) is 16.8. The Hall–Kier alpha value is -1.98. The third-order valence-corrected chi connectivity index (χ3v) is 6.61. The van der Waals surface area contributed by atoms with E-state index in [0.717, 1.165) is 21.3 Å². The van der Waals surface area contributed by atoms with Crippen molar-refractivity contribution in [3.05, 3.63) is 52.1 Å². The monoisotopic (exact) mass is 365 g/mol. The SMILES string of the molecule is O=c1c2ccccc2c(-c2cccs2)nn1CN(C1CCCC1)C1CC1. The summed E-state index contributed by atoms with van der Waals surface area (Å²) in [7, 11) is 0. The fraction of sp³-hybridized carbons (Fsp3) is 0.429. The Balaban J connectivity index is 1.61. The molecular weight excluding hydrogens is 342 g/mol. The smallest absolute Gasteiger partial charge is 0.275 e. The first kappa shape index (κ1) is 16.2. The number of hydrogen-bond acceptors (Lipinski definition) is 4. The molecule has 2 heterocycles. The van der Waals surface area contributed by atoms with Crippen LogP contribution in [-0.4, -0.2) is 26.8 Å². The Labute approximate surface area is 157 Å². The van der Waals surface area contributed by atoms with E-state index in [2.05, 4.69) is 16.3 Å². The summed E-state index contributed by atoms with van der Waals surface area (Å²) in [5.74, 6) is 0. The minimum absolute atomic E-state index is 0.0320. The highest BCUT2D eigenvalue weighted by Crippen LogP contribution is 2.35. The van der Waals surface area contributed by atoms with Crippen LogP contribution < -0.4 is 5.56 Å². The molecule has 5 rings (SSSR count).